The van der Waals surface area contributed by atoms with Crippen molar-refractivity contribution < 1.29 is 9.53 Å². The van der Waals surface area contributed by atoms with Crippen LogP contribution in [0.1, 0.15) is 52.9 Å². The van der Waals surface area contributed by atoms with Gasteiger partial charge in [0, 0.05) is 22.7 Å². The van der Waals surface area contributed by atoms with Gasteiger partial charge in [0.25, 0.3) is 0 Å². The summed E-state index contributed by atoms with van der Waals surface area (Å²) in [5, 5.41) is 1.05. The average molecular weight is 404 g/mol. The second-order valence-electron chi connectivity index (χ2n) is 7.63. The van der Waals surface area contributed by atoms with Crippen molar-refractivity contribution in [3.63, 3.8) is 0 Å². The van der Waals surface area contributed by atoms with Gasteiger partial charge in [-0.25, -0.2) is 0 Å². The van der Waals surface area contributed by atoms with Gasteiger partial charge in [0.05, 0.1) is 7.11 Å². The predicted molar refractivity (Wildman–Crippen MR) is 124 cm³/mol. The molecule has 0 spiro atoms. The zero-order valence-electron chi connectivity index (χ0n) is 17.7. The minimum atomic E-state index is -0.109. The van der Waals surface area contributed by atoms with Gasteiger partial charge in [-0.15, -0.1) is 0 Å². The Morgan fingerprint density at radius 3 is 2.38 bits per heavy atom. The summed E-state index contributed by atoms with van der Waals surface area (Å²) >= 11 is 0. The fourth-order valence-electron chi connectivity index (χ4n) is 3.80. The molecule has 0 fully saturated rings. The highest BCUT2D eigenvalue weighted by atomic mass is 31.1. The molecule has 0 aliphatic carbocycles. The molecule has 3 aromatic rings. The first kappa shape index (κ1) is 21.3. The fraction of sp³-hybridized carbons (Fsp3) is 0.269. The van der Waals surface area contributed by atoms with Crippen molar-refractivity contribution in [2.75, 3.05) is 7.11 Å². The van der Waals surface area contributed by atoms with Crippen LogP contribution in [0, 0.1) is 6.92 Å². The van der Waals surface area contributed by atoms with Gasteiger partial charge in [-0.2, -0.15) is 0 Å². The van der Waals surface area contributed by atoms with Crippen LogP contribution in [-0.4, -0.2) is 13.4 Å². The normalized spacial score (nSPS) is 13.4. The Morgan fingerprint density at radius 2 is 1.72 bits per heavy atom. The van der Waals surface area contributed by atoms with Crippen LogP contribution < -0.4 is 10.0 Å². The van der Waals surface area contributed by atoms with E-state index in [-0.39, 0.29) is 5.16 Å². The van der Waals surface area contributed by atoms with E-state index in [1.807, 2.05) is 18.2 Å². The molecule has 0 bridgehead atoms. The molecular weight excluding hydrogens is 375 g/mol. The van der Waals surface area contributed by atoms with E-state index in [9.17, 15) is 4.79 Å². The van der Waals surface area contributed by atoms with Crippen molar-refractivity contribution in [1.29, 1.82) is 0 Å². The molecule has 0 aliphatic rings. The molecule has 3 rings (SSSR count). The number of hydrogen-bond acceptors (Lipinski definition) is 2. The highest BCUT2D eigenvalue weighted by molar-refractivity contribution is 7.49. The van der Waals surface area contributed by atoms with Gasteiger partial charge in [0.15, 0.2) is 6.29 Å². The quantitative estimate of drug-likeness (QED) is 0.338. The summed E-state index contributed by atoms with van der Waals surface area (Å²) in [6, 6.07) is 22.9. The molecule has 0 saturated heterocycles. The number of benzene rings is 3. The molecule has 3 aromatic carbocycles. The number of para-hydroxylation sites is 1. The number of aryl methyl sites for hydroxylation is 1. The van der Waals surface area contributed by atoms with Crippen LogP contribution in [0.2, 0.25) is 0 Å². The molecule has 0 amide bonds. The Kier molecular flexibility index (Phi) is 6.87. The Balaban J connectivity index is 2.05. The smallest absolute Gasteiger partial charge is 0.150 e. The van der Waals surface area contributed by atoms with Crippen molar-refractivity contribution in [2.45, 2.75) is 38.8 Å². The summed E-state index contributed by atoms with van der Waals surface area (Å²) in [6.07, 6.45) is 2.78. The van der Waals surface area contributed by atoms with E-state index >= 15 is 0 Å². The van der Waals surface area contributed by atoms with Crippen molar-refractivity contribution in [3.8, 4) is 5.75 Å². The monoisotopic (exact) mass is 404 g/mol. The number of ether oxygens (including phenoxy) is 1. The lowest BCUT2D eigenvalue weighted by Gasteiger charge is -2.32. The second-order valence-corrected chi connectivity index (χ2v) is 9.48. The Morgan fingerprint density at radius 1 is 1.00 bits per heavy atom. The summed E-state index contributed by atoms with van der Waals surface area (Å²) < 4.78 is 5.96. The zero-order chi connectivity index (χ0) is 20.9. The van der Waals surface area contributed by atoms with E-state index in [0.29, 0.717) is 8.58 Å². The Hall–Kier alpha value is -2.44. The molecule has 0 heterocycles. The summed E-state index contributed by atoms with van der Waals surface area (Å²) in [5.74, 6) is 0.967. The molecule has 2 unspecified atom stereocenters. The fourth-order valence-corrected chi connectivity index (χ4v) is 5.42. The number of carbonyl (C=O) groups excluding carboxylic acids is 1. The molecule has 150 valence electrons. The molecule has 3 heteroatoms. The predicted octanol–water partition coefficient (Wildman–Crippen LogP) is 6.04. The lowest BCUT2D eigenvalue weighted by Crippen LogP contribution is -2.22. The summed E-state index contributed by atoms with van der Waals surface area (Å²) in [4.78, 5) is 11.7. The Bertz CT molecular complexity index is 981. The summed E-state index contributed by atoms with van der Waals surface area (Å²) in [6.45, 7) is 6.60. The van der Waals surface area contributed by atoms with Crippen LogP contribution in [0.5, 0.6) is 5.75 Å². The number of hydrogen-bond donors (Lipinski definition) is 0. The molecule has 2 atom stereocenters. The molecule has 0 N–H and O–H groups in total. The Labute approximate surface area is 176 Å². The lowest BCUT2D eigenvalue weighted by atomic mass is 9.92. The SMILES string of the molecule is CCC(C)(Pc1c(C)cccc1C=O)c1cccc(Cc2ccccc2)c1OC. The van der Waals surface area contributed by atoms with E-state index in [4.69, 9.17) is 4.74 Å². The van der Waals surface area contributed by atoms with Crippen LogP contribution in [0.4, 0.5) is 0 Å². The maximum Gasteiger partial charge on any atom is 0.150 e. The van der Waals surface area contributed by atoms with E-state index in [0.717, 1.165) is 35.7 Å². The topological polar surface area (TPSA) is 26.3 Å². The number of aldehydes is 1. The highest BCUT2D eigenvalue weighted by Gasteiger charge is 2.30. The van der Waals surface area contributed by atoms with E-state index in [1.54, 1.807) is 7.11 Å². The van der Waals surface area contributed by atoms with E-state index in [2.05, 4.69) is 69.3 Å². The average Bonchev–Trinajstić information content (AvgIpc) is 2.75. The maximum absolute atomic E-state index is 11.7. The third-order valence-corrected chi connectivity index (χ3v) is 7.78. The second kappa shape index (κ2) is 9.37. The van der Waals surface area contributed by atoms with Gasteiger partial charge in [0.2, 0.25) is 0 Å². The summed E-state index contributed by atoms with van der Waals surface area (Å²) in [5.41, 5.74) is 5.65. The van der Waals surface area contributed by atoms with E-state index in [1.165, 1.54) is 22.3 Å². The number of methoxy groups -OCH3 is 1. The minimum Gasteiger partial charge on any atom is -0.496 e. The van der Waals surface area contributed by atoms with Crippen LogP contribution in [0.3, 0.4) is 0 Å². The number of rotatable bonds is 8. The van der Waals surface area contributed by atoms with Gasteiger partial charge in [-0.05, 0) is 35.3 Å². The van der Waals surface area contributed by atoms with Crippen LogP contribution >= 0.6 is 8.58 Å². The first-order chi connectivity index (χ1) is 14.0. The van der Waals surface area contributed by atoms with Crippen LogP contribution in [0.25, 0.3) is 0 Å². The summed E-state index contributed by atoms with van der Waals surface area (Å²) in [7, 11) is 2.24. The first-order valence-electron chi connectivity index (χ1n) is 10.1. The third kappa shape index (κ3) is 4.60. The van der Waals surface area contributed by atoms with Gasteiger partial charge >= 0.3 is 0 Å². The van der Waals surface area contributed by atoms with Gasteiger partial charge in [-0.1, -0.05) is 89.2 Å². The molecule has 2 nitrogen and oxygen atoms in total. The van der Waals surface area contributed by atoms with Crippen molar-refractivity contribution >= 4 is 20.2 Å². The molecular formula is C26H29O2P. The maximum atomic E-state index is 11.7. The molecule has 0 saturated carbocycles. The standard InChI is InChI=1S/C26H29O2P/c1-5-26(3,29-25-19(2)11-9-15-22(25)18-27)23-16-10-14-21(24(23)28-4)17-20-12-7-6-8-13-20/h6-16,18,29H,5,17H2,1-4H3. The minimum absolute atomic E-state index is 0.109. The molecule has 0 aliphatic heterocycles. The van der Waals surface area contributed by atoms with Crippen molar-refractivity contribution in [2.24, 2.45) is 0 Å². The van der Waals surface area contributed by atoms with Crippen LogP contribution in [-0.2, 0) is 11.6 Å². The van der Waals surface area contributed by atoms with Crippen molar-refractivity contribution in [1.82, 2.24) is 0 Å². The molecule has 0 aromatic heterocycles. The van der Waals surface area contributed by atoms with E-state index < -0.39 is 0 Å². The van der Waals surface area contributed by atoms with Gasteiger partial charge < -0.3 is 4.74 Å². The van der Waals surface area contributed by atoms with Gasteiger partial charge in [0.1, 0.15) is 5.75 Å². The molecule has 29 heavy (non-hydrogen) atoms. The third-order valence-electron chi connectivity index (χ3n) is 5.67. The van der Waals surface area contributed by atoms with Gasteiger partial charge in [-0.3, -0.25) is 4.79 Å². The largest absolute Gasteiger partial charge is 0.496 e. The first-order valence-corrected chi connectivity index (χ1v) is 11.1. The van der Waals surface area contributed by atoms with Crippen LogP contribution in [0.15, 0.2) is 66.7 Å². The lowest BCUT2D eigenvalue weighted by molar-refractivity contribution is 0.112. The highest BCUT2D eigenvalue weighted by Crippen LogP contribution is 2.48. The molecule has 0 radical (unpaired) electrons. The zero-order valence-corrected chi connectivity index (χ0v) is 18.7. The van der Waals surface area contributed by atoms with Crippen molar-refractivity contribution in [3.05, 3.63) is 94.5 Å². The number of carbonyl (C=O) groups is 1.